The average molecular weight is 126 g/mol. The molecule has 0 aromatic heterocycles. The van der Waals surface area contributed by atoms with Crippen LogP contribution in [-0.4, -0.2) is 17.8 Å². The summed E-state index contributed by atoms with van der Waals surface area (Å²) in [6.07, 6.45) is 0. The Balaban J connectivity index is 2.82. The molecule has 1 aliphatic rings. The number of rotatable bonds is 0. The molecule has 0 bridgehead atoms. The fourth-order valence-electron chi connectivity index (χ4n) is 0.406. The molecular formula is C3H6N6. The zero-order valence-electron chi connectivity index (χ0n) is 4.87. The third-order valence-corrected chi connectivity index (χ3v) is 1.07. The van der Waals surface area contributed by atoms with Gasteiger partial charge in [-0.15, -0.1) is 5.11 Å². The standard InChI is InChI=1S/C3H6N6/c1-9-3(5,2-4)6-7-8-9/h5H2,1H3,(H,6,8). The molecule has 0 saturated heterocycles. The first kappa shape index (κ1) is 5.94. The van der Waals surface area contributed by atoms with Crippen molar-refractivity contribution in [3.8, 4) is 6.07 Å². The summed E-state index contributed by atoms with van der Waals surface area (Å²) in [5.74, 6) is -1.32. The Morgan fingerprint density at radius 1 is 1.89 bits per heavy atom. The molecule has 0 aliphatic carbocycles. The highest BCUT2D eigenvalue weighted by Gasteiger charge is 2.34. The maximum Gasteiger partial charge on any atom is 0.293 e. The third-order valence-electron chi connectivity index (χ3n) is 1.07. The number of nitrogens with zero attached hydrogens (tertiary/aromatic N) is 4. The molecule has 0 aromatic rings. The van der Waals surface area contributed by atoms with E-state index in [0.29, 0.717) is 0 Å². The van der Waals surface area contributed by atoms with Crippen LogP contribution in [-0.2, 0) is 0 Å². The smallest absolute Gasteiger partial charge is 0.279 e. The monoisotopic (exact) mass is 126 g/mol. The quantitative estimate of drug-likeness (QED) is 0.433. The molecule has 0 saturated carbocycles. The van der Waals surface area contributed by atoms with Crippen LogP contribution in [0.2, 0.25) is 0 Å². The lowest BCUT2D eigenvalue weighted by Gasteiger charge is -2.17. The van der Waals surface area contributed by atoms with E-state index < -0.39 is 5.79 Å². The highest BCUT2D eigenvalue weighted by atomic mass is 15.8. The Hall–Kier alpha value is -1.19. The van der Waals surface area contributed by atoms with Crippen LogP contribution in [0.3, 0.4) is 0 Å². The Kier molecular flexibility index (Phi) is 1.09. The van der Waals surface area contributed by atoms with E-state index in [-0.39, 0.29) is 0 Å². The summed E-state index contributed by atoms with van der Waals surface area (Å²) in [4.78, 5) is 0. The van der Waals surface area contributed by atoms with Crippen LogP contribution in [0.5, 0.6) is 0 Å². The van der Waals surface area contributed by atoms with Gasteiger partial charge in [-0.2, -0.15) is 10.3 Å². The number of nitriles is 1. The van der Waals surface area contributed by atoms with E-state index in [0.717, 1.165) is 0 Å². The molecule has 0 amide bonds. The summed E-state index contributed by atoms with van der Waals surface area (Å²) in [5, 5.41) is 16.5. The van der Waals surface area contributed by atoms with Crippen molar-refractivity contribution in [2.45, 2.75) is 5.79 Å². The largest absolute Gasteiger partial charge is 0.293 e. The number of nitrogens with two attached hydrogens (primary N) is 1. The molecule has 3 N–H and O–H groups in total. The maximum atomic E-state index is 8.39. The zero-order chi connectivity index (χ0) is 6.91. The van der Waals surface area contributed by atoms with Crippen molar-refractivity contribution < 1.29 is 0 Å². The van der Waals surface area contributed by atoms with E-state index in [9.17, 15) is 0 Å². The van der Waals surface area contributed by atoms with E-state index in [1.807, 2.05) is 0 Å². The van der Waals surface area contributed by atoms with E-state index in [2.05, 4.69) is 15.9 Å². The lowest BCUT2D eigenvalue weighted by molar-refractivity contribution is 0.169. The SMILES string of the molecule is CN1NN=NC1(N)C#N. The van der Waals surface area contributed by atoms with Gasteiger partial charge in [-0.1, -0.05) is 5.22 Å². The van der Waals surface area contributed by atoms with Crippen molar-refractivity contribution in [2.24, 2.45) is 16.1 Å². The summed E-state index contributed by atoms with van der Waals surface area (Å²) >= 11 is 0. The van der Waals surface area contributed by atoms with Crippen LogP contribution in [0.25, 0.3) is 0 Å². The first-order valence-electron chi connectivity index (χ1n) is 2.30. The van der Waals surface area contributed by atoms with Crippen molar-refractivity contribution in [1.82, 2.24) is 10.5 Å². The van der Waals surface area contributed by atoms with Gasteiger partial charge in [-0.25, -0.2) is 5.53 Å². The Morgan fingerprint density at radius 3 is 2.78 bits per heavy atom. The van der Waals surface area contributed by atoms with Crippen LogP contribution in [0.4, 0.5) is 0 Å². The Labute approximate surface area is 51.9 Å². The van der Waals surface area contributed by atoms with Gasteiger partial charge in [0.25, 0.3) is 5.79 Å². The highest BCUT2D eigenvalue weighted by Crippen LogP contribution is 2.09. The second-order valence-electron chi connectivity index (χ2n) is 1.70. The summed E-state index contributed by atoms with van der Waals surface area (Å²) in [5.41, 5.74) is 7.75. The molecule has 1 heterocycles. The Bertz CT molecular complexity index is 179. The third kappa shape index (κ3) is 0.718. The maximum absolute atomic E-state index is 8.39. The van der Waals surface area contributed by atoms with Crippen molar-refractivity contribution in [1.29, 1.82) is 5.26 Å². The van der Waals surface area contributed by atoms with Gasteiger partial charge in [0.1, 0.15) is 6.07 Å². The van der Waals surface area contributed by atoms with Gasteiger partial charge in [0.05, 0.1) is 0 Å². The zero-order valence-corrected chi connectivity index (χ0v) is 4.87. The van der Waals surface area contributed by atoms with Gasteiger partial charge < -0.3 is 0 Å². The number of hydrazine groups is 1. The minimum Gasteiger partial charge on any atom is -0.279 e. The van der Waals surface area contributed by atoms with Gasteiger partial charge >= 0.3 is 0 Å². The van der Waals surface area contributed by atoms with E-state index in [1.165, 1.54) is 5.01 Å². The lowest BCUT2D eigenvalue weighted by Crippen LogP contribution is -2.51. The van der Waals surface area contributed by atoms with Crippen LogP contribution in [0, 0.1) is 11.3 Å². The molecule has 9 heavy (non-hydrogen) atoms. The summed E-state index contributed by atoms with van der Waals surface area (Å²) in [7, 11) is 1.59. The summed E-state index contributed by atoms with van der Waals surface area (Å²) < 4.78 is 0. The van der Waals surface area contributed by atoms with Crippen LogP contribution >= 0.6 is 0 Å². The highest BCUT2D eigenvalue weighted by molar-refractivity contribution is 5.00. The molecule has 48 valence electrons. The van der Waals surface area contributed by atoms with Crippen LogP contribution in [0.1, 0.15) is 0 Å². The summed E-state index contributed by atoms with van der Waals surface area (Å²) in [6.45, 7) is 0. The van der Waals surface area contributed by atoms with Crippen LogP contribution in [0.15, 0.2) is 10.3 Å². The molecule has 1 aliphatic heterocycles. The first-order valence-corrected chi connectivity index (χ1v) is 2.30. The molecule has 1 atom stereocenters. The minimum absolute atomic E-state index is 1.31. The summed E-state index contributed by atoms with van der Waals surface area (Å²) in [6, 6.07) is 1.77. The topological polar surface area (TPSA) is 89.8 Å². The number of nitrogens with one attached hydrogen (secondary N) is 1. The second kappa shape index (κ2) is 1.65. The minimum atomic E-state index is -1.32. The van der Waals surface area contributed by atoms with E-state index >= 15 is 0 Å². The van der Waals surface area contributed by atoms with Gasteiger partial charge in [-0.05, 0) is 0 Å². The van der Waals surface area contributed by atoms with Gasteiger partial charge in [-0.3, -0.25) is 5.73 Å². The molecule has 6 nitrogen and oxygen atoms in total. The molecule has 0 spiro atoms. The molecule has 6 heteroatoms. The predicted molar refractivity (Wildman–Crippen MR) is 28.3 cm³/mol. The molecule has 0 radical (unpaired) electrons. The first-order chi connectivity index (χ1) is 4.19. The normalized spacial score (nSPS) is 33.9. The van der Waals surface area contributed by atoms with Crippen molar-refractivity contribution in [3.63, 3.8) is 0 Å². The molecular weight excluding hydrogens is 120 g/mol. The molecule has 0 aromatic carbocycles. The van der Waals surface area contributed by atoms with E-state index in [1.54, 1.807) is 13.1 Å². The number of hydrogen-bond acceptors (Lipinski definition) is 6. The van der Waals surface area contributed by atoms with Crippen molar-refractivity contribution >= 4 is 0 Å². The fourth-order valence-corrected chi connectivity index (χ4v) is 0.406. The average Bonchev–Trinajstić information content (AvgIpc) is 2.15. The Morgan fingerprint density at radius 2 is 2.56 bits per heavy atom. The second-order valence-corrected chi connectivity index (χ2v) is 1.70. The molecule has 0 fully saturated rings. The van der Waals surface area contributed by atoms with Gasteiger partial charge in [0.2, 0.25) is 0 Å². The number of hydrogen-bond donors (Lipinski definition) is 2. The van der Waals surface area contributed by atoms with Gasteiger partial charge in [0.15, 0.2) is 0 Å². The predicted octanol–water partition coefficient (Wildman–Crippen LogP) is -1.06. The van der Waals surface area contributed by atoms with E-state index in [4.69, 9.17) is 11.0 Å². The molecule has 1 rings (SSSR count). The lowest BCUT2D eigenvalue weighted by atomic mass is 10.4. The van der Waals surface area contributed by atoms with Crippen molar-refractivity contribution in [3.05, 3.63) is 0 Å². The molecule has 1 unspecified atom stereocenters. The van der Waals surface area contributed by atoms with Crippen molar-refractivity contribution in [2.75, 3.05) is 7.05 Å². The van der Waals surface area contributed by atoms with Gasteiger partial charge in [0, 0.05) is 7.05 Å². The van der Waals surface area contributed by atoms with Crippen LogP contribution < -0.4 is 11.3 Å². The fraction of sp³-hybridized carbons (Fsp3) is 0.667.